The minimum absolute atomic E-state index is 0.147. The Kier molecular flexibility index (Phi) is 25.8. The molecule has 1 N–H and O–H groups in total. The summed E-state index contributed by atoms with van der Waals surface area (Å²) in [4.78, 5) is 2.34. The van der Waals surface area contributed by atoms with E-state index in [9.17, 15) is 25.3 Å². The number of halogens is 3. The summed E-state index contributed by atoms with van der Waals surface area (Å²) >= 11 is 11.9. The van der Waals surface area contributed by atoms with Crippen molar-refractivity contribution in [3.8, 4) is 0 Å². The van der Waals surface area contributed by atoms with Gasteiger partial charge in [-0.25, -0.2) is 16.8 Å². The van der Waals surface area contributed by atoms with Gasteiger partial charge in [0.25, 0.3) is 10.1 Å². The van der Waals surface area contributed by atoms with E-state index in [1.165, 1.54) is 17.1 Å². The molecule has 5 heterocycles. The molecule has 70 heavy (non-hydrogen) atoms. The number of sulfone groups is 2. The van der Waals surface area contributed by atoms with Crippen LogP contribution in [-0.2, 0) is 57.7 Å². The second-order valence-corrected chi connectivity index (χ2v) is 27.1. The van der Waals surface area contributed by atoms with Crippen molar-refractivity contribution >= 4 is 89.3 Å². The minimum Gasteiger partial charge on any atom is -0.396 e. The van der Waals surface area contributed by atoms with Crippen LogP contribution in [0.2, 0.25) is 0 Å². The van der Waals surface area contributed by atoms with Crippen LogP contribution in [0, 0.1) is 36.5 Å². The SMILES string of the molecule is Brc1ccc(SCC2CCOC2)cc1.Cc1ccc(S(=O)(=O)OCC2CCOC2)cc1.O=S(=O)(C[C@@H]1CCOC1)c1ccc(Br)cc1.O=S(=O)(C[C@H]1CCOC1)c1ccc(Br)cc1.OCC1CCOC1. The Hall–Kier alpha value is -1.76. The first kappa shape index (κ1) is 59.1. The van der Waals surface area contributed by atoms with Crippen LogP contribution in [0.5, 0.6) is 0 Å². The summed E-state index contributed by atoms with van der Waals surface area (Å²) in [6.07, 6.45) is 4.81. The van der Waals surface area contributed by atoms with Crippen LogP contribution in [0.15, 0.2) is 130 Å². The van der Waals surface area contributed by atoms with E-state index >= 15 is 0 Å². The van der Waals surface area contributed by atoms with Crippen LogP contribution in [0.25, 0.3) is 0 Å². The topological polar surface area (TPSA) is 178 Å². The van der Waals surface area contributed by atoms with Crippen molar-refractivity contribution in [3.63, 3.8) is 0 Å². The van der Waals surface area contributed by atoms with Gasteiger partial charge in [-0.1, -0.05) is 65.5 Å². The van der Waals surface area contributed by atoms with Gasteiger partial charge in [-0.05, 0) is 142 Å². The monoisotopic (exact) mass is 1240 g/mol. The van der Waals surface area contributed by atoms with Crippen molar-refractivity contribution in [1.82, 2.24) is 0 Å². The molecule has 5 aliphatic heterocycles. The van der Waals surface area contributed by atoms with E-state index in [2.05, 4.69) is 72.1 Å². The number of aliphatic hydroxyl groups excluding tert-OH is 1. The lowest BCUT2D eigenvalue weighted by atomic mass is 10.1. The summed E-state index contributed by atoms with van der Waals surface area (Å²) < 4.78 is 106. The standard InChI is InChI=1S/C12H16O4S.2C11H13BrO3S.C11H13BrOS.C5H10O2/c1-10-2-4-12(5-3-10)17(13,14)16-9-11-6-7-15-8-11;2*12-10-1-3-11(4-2-10)16(13,14)8-9-5-6-15-7-9;12-10-1-3-11(4-2-10)14-8-9-5-6-13-7-9;6-3-5-1-2-7-4-5/h2-5,11H,6-9H2,1H3;2*1-4,9H,5-8H2;1-4,9H,5-8H2;5-6H,1-4H2/t;2*9-;;/m.10../s1. The van der Waals surface area contributed by atoms with Crippen LogP contribution in [-0.4, -0.2) is 127 Å². The largest absolute Gasteiger partial charge is 0.396 e. The van der Waals surface area contributed by atoms with E-state index in [-0.39, 0.29) is 40.8 Å². The third kappa shape index (κ3) is 21.6. The van der Waals surface area contributed by atoms with Crippen molar-refractivity contribution in [3.05, 3.63) is 116 Å². The van der Waals surface area contributed by atoms with Gasteiger partial charge < -0.3 is 28.8 Å². The second-order valence-electron chi connectivity index (χ2n) is 17.6. The Morgan fingerprint density at radius 1 is 0.500 bits per heavy atom. The summed E-state index contributed by atoms with van der Waals surface area (Å²) in [5.74, 6) is 3.23. The van der Waals surface area contributed by atoms with Crippen LogP contribution in [0.3, 0.4) is 0 Å². The Balaban J connectivity index is 0.000000166. The van der Waals surface area contributed by atoms with Crippen molar-refractivity contribution in [1.29, 1.82) is 0 Å². The van der Waals surface area contributed by atoms with Gasteiger partial charge >= 0.3 is 0 Å². The third-order valence-electron chi connectivity index (χ3n) is 11.7. The lowest BCUT2D eigenvalue weighted by molar-refractivity contribution is 0.161. The summed E-state index contributed by atoms with van der Waals surface area (Å²) in [5, 5.41) is 8.49. The molecule has 388 valence electrons. The predicted molar refractivity (Wildman–Crippen MR) is 283 cm³/mol. The molecule has 5 saturated heterocycles. The average molecular weight is 1240 g/mol. The summed E-state index contributed by atoms with van der Waals surface area (Å²) in [7, 11) is -9.94. The van der Waals surface area contributed by atoms with Crippen LogP contribution < -0.4 is 0 Å². The Bertz CT molecular complexity index is 2350. The summed E-state index contributed by atoms with van der Waals surface area (Å²) in [6.45, 7) is 9.68. The first-order valence-electron chi connectivity index (χ1n) is 23.3. The molecule has 5 fully saturated rings. The Morgan fingerprint density at radius 2 is 0.857 bits per heavy atom. The molecule has 0 bridgehead atoms. The van der Waals surface area contributed by atoms with Crippen molar-refractivity contribution in [2.75, 3.05) is 96.5 Å². The number of ether oxygens (including phenoxy) is 5. The number of aryl methyl sites for hydroxylation is 1. The van der Waals surface area contributed by atoms with Gasteiger partial charge in [0, 0.05) is 75.5 Å². The molecule has 3 unspecified atom stereocenters. The van der Waals surface area contributed by atoms with Crippen LogP contribution >= 0.6 is 59.6 Å². The lowest BCUT2D eigenvalue weighted by Gasteiger charge is -2.09. The molecule has 0 aliphatic carbocycles. The van der Waals surface area contributed by atoms with Crippen molar-refractivity contribution < 1.29 is 58.2 Å². The molecule has 4 aromatic rings. The molecule has 0 radical (unpaired) electrons. The van der Waals surface area contributed by atoms with E-state index in [1.807, 2.05) is 18.7 Å². The highest BCUT2D eigenvalue weighted by atomic mass is 79.9. The average Bonchev–Trinajstić information content (AvgIpc) is 4.21. The molecule has 4 aromatic carbocycles. The molecule has 0 aromatic heterocycles. The Morgan fingerprint density at radius 3 is 1.23 bits per heavy atom. The highest BCUT2D eigenvalue weighted by molar-refractivity contribution is 9.11. The molecule has 5 aliphatic rings. The van der Waals surface area contributed by atoms with Gasteiger partial charge in [0.15, 0.2) is 19.7 Å². The number of thioether (sulfide) groups is 1. The summed E-state index contributed by atoms with van der Waals surface area (Å²) in [5.41, 5.74) is 1.02. The van der Waals surface area contributed by atoms with Gasteiger partial charge in [-0.2, -0.15) is 8.42 Å². The second kappa shape index (κ2) is 30.6. The maximum atomic E-state index is 12.0. The van der Waals surface area contributed by atoms with Gasteiger partial charge in [0.2, 0.25) is 0 Å². The van der Waals surface area contributed by atoms with E-state index in [1.54, 1.807) is 72.8 Å². The van der Waals surface area contributed by atoms with E-state index in [4.69, 9.17) is 33.0 Å². The molecular formula is C50H65Br3O13S4. The van der Waals surface area contributed by atoms with Crippen LogP contribution in [0.4, 0.5) is 0 Å². The molecular weight excluding hydrogens is 1180 g/mol. The fraction of sp³-hybridized carbons (Fsp3) is 0.520. The molecule has 0 spiro atoms. The van der Waals surface area contributed by atoms with Crippen molar-refractivity contribution in [2.24, 2.45) is 29.6 Å². The third-order valence-corrected chi connectivity index (χ3v) is 19.6. The number of hydrogen-bond acceptors (Lipinski definition) is 14. The molecule has 9 rings (SSSR count). The normalized spacial score (nSPS) is 22.1. The fourth-order valence-electron chi connectivity index (χ4n) is 7.39. The summed E-state index contributed by atoms with van der Waals surface area (Å²) in [6, 6.07) is 28.7. The smallest absolute Gasteiger partial charge is 0.296 e. The van der Waals surface area contributed by atoms with Gasteiger partial charge in [0.1, 0.15) is 0 Å². The molecule has 13 nitrogen and oxygen atoms in total. The van der Waals surface area contributed by atoms with Gasteiger partial charge in [-0.15, -0.1) is 11.8 Å². The molecule has 5 atom stereocenters. The predicted octanol–water partition coefficient (Wildman–Crippen LogP) is 9.85. The van der Waals surface area contributed by atoms with E-state index in [0.29, 0.717) is 62.0 Å². The first-order valence-corrected chi connectivity index (χ1v) is 31.4. The highest BCUT2D eigenvalue weighted by Crippen LogP contribution is 2.27. The zero-order valence-corrected chi connectivity index (χ0v) is 47.4. The lowest BCUT2D eigenvalue weighted by Crippen LogP contribution is -2.16. The number of aliphatic hydroxyl groups is 1. The number of hydrogen-bond donors (Lipinski definition) is 1. The van der Waals surface area contributed by atoms with Gasteiger partial charge in [0.05, 0.1) is 65.8 Å². The molecule has 0 saturated carbocycles. The highest BCUT2D eigenvalue weighted by Gasteiger charge is 2.26. The maximum Gasteiger partial charge on any atom is 0.296 e. The first-order chi connectivity index (χ1) is 33.5. The zero-order valence-electron chi connectivity index (χ0n) is 39.4. The number of rotatable bonds is 14. The van der Waals surface area contributed by atoms with Gasteiger partial charge in [-0.3, -0.25) is 4.18 Å². The zero-order chi connectivity index (χ0) is 50.4. The maximum absolute atomic E-state index is 12.0. The molecule has 0 amide bonds. The Labute approximate surface area is 444 Å². The quantitative estimate of drug-likeness (QED) is 0.0932. The van der Waals surface area contributed by atoms with Crippen LogP contribution in [0.1, 0.15) is 37.7 Å². The van der Waals surface area contributed by atoms with Crippen molar-refractivity contribution in [2.45, 2.75) is 58.6 Å². The van der Waals surface area contributed by atoms with E-state index in [0.717, 1.165) is 77.0 Å². The molecule has 20 heteroatoms. The van der Waals surface area contributed by atoms with E-state index < -0.39 is 29.8 Å². The minimum atomic E-state index is -3.62. The fourth-order valence-corrected chi connectivity index (χ4v) is 13.4. The number of benzene rings is 4.